The molecule has 2 heterocycles. The minimum atomic E-state index is -3.43. The zero-order chi connectivity index (χ0) is 13.2. The summed E-state index contributed by atoms with van der Waals surface area (Å²) in [6.45, 7) is 5.63. The minimum Gasteiger partial charge on any atom is -0.384 e. The average Bonchev–Trinajstić information content (AvgIpc) is 2.39. The second kappa shape index (κ2) is 5.21. The van der Waals surface area contributed by atoms with Gasteiger partial charge in [-0.3, -0.25) is 0 Å². The van der Waals surface area contributed by atoms with Crippen LogP contribution in [0.2, 0.25) is 0 Å². The lowest BCUT2D eigenvalue weighted by molar-refractivity contribution is 0.196. The second-order valence-electron chi connectivity index (χ2n) is 4.25. The molecule has 0 unspecified atom stereocenters. The highest BCUT2D eigenvalue weighted by atomic mass is 32.2. The summed E-state index contributed by atoms with van der Waals surface area (Å²) < 4.78 is 26.2. The van der Waals surface area contributed by atoms with Gasteiger partial charge in [0, 0.05) is 38.4 Å². The Morgan fingerprint density at radius 2 is 2.00 bits per heavy atom. The van der Waals surface area contributed by atoms with E-state index < -0.39 is 10.0 Å². The molecule has 18 heavy (non-hydrogen) atoms. The van der Waals surface area contributed by atoms with Gasteiger partial charge in [-0.05, 0) is 12.6 Å². The van der Waals surface area contributed by atoms with Crippen LogP contribution < -0.4 is 5.73 Å². The van der Waals surface area contributed by atoms with Crippen molar-refractivity contribution in [2.75, 3.05) is 38.5 Å². The van der Waals surface area contributed by atoms with Crippen LogP contribution in [0.3, 0.4) is 0 Å². The molecule has 1 aromatic rings. The van der Waals surface area contributed by atoms with Gasteiger partial charge in [-0.1, -0.05) is 6.92 Å². The van der Waals surface area contributed by atoms with E-state index in [1.54, 1.807) is 0 Å². The van der Waals surface area contributed by atoms with Crippen molar-refractivity contribution in [1.29, 1.82) is 0 Å². The van der Waals surface area contributed by atoms with Crippen molar-refractivity contribution < 1.29 is 8.42 Å². The molecule has 0 aromatic carbocycles. The number of pyridine rings is 1. The van der Waals surface area contributed by atoms with Crippen molar-refractivity contribution >= 4 is 15.8 Å². The molecular weight excluding hydrogens is 252 g/mol. The monoisotopic (exact) mass is 270 g/mol. The Morgan fingerprint density at radius 3 is 2.56 bits per heavy atom. The van der Waals surface area contributed by atoms with E-state index in [0.717, 1.165) is 19.6 Å². The van der Waals surface area contributed by atoms with Crippen molar-refractivity contribution in [3.63, 3.8) is 0 Å². The molecule has 1 aliphatic heterocycles. The Morgan fingerprint density at radius 1 is 1.33 bits per heavy atom. The van der Waals surface area contributed by atoms with Crippen molar-refractivity contribution in [3.8, 4) is 0 Å². The fourth-order valence-electron chi connectivity index (χ4n) is 2.02. The van der Waals surface area contributed by atoms with E-state index >= 15 is 0 Å². The van der Waals surface area contributed by atoms with Crippen LogP contribution in [0.5, 0.6) is 0 Å². The first-order valence-electron chi connectivity index (χ1n) is 5.98. The van der Waals surface area contributed by atoms with Gasteiger partial charge in [0.05, 0.1) is 4.90 Å². The summed E-state index contributed by atoms with van der Waals surface area (Å²) in [5, 5.41) is 0. The van der Waals surface area contributed by atoms with Crippen LogP contribution in [0.25, 0.3) is 0 Å². The normalized spacial score (nSPS) is 18.9. The fraction of sp³-hybridized carbons (Fsp3) is 0.545. The maximum absolute atomic E-state index is 12.4. The predicted molar refractivity (Wildman–Crippen MR) is 69.5 cm³/mol. The number of sulfonamides is 1. The topological polar surface area (TPSA) is 79.5 Å². The maximum atomic E-state index is 12.4. The number of anilines is 1. The summed E-state index contributed by atoms with van der Waals surface area (Å²) in [6.07, 6.45) is 1.42. The molecule has 1 aromatic heterocycles. The third-order valence-electron chi connectivity index (χ3n) is 3.17. The lowest BCUT2D eigenvalue weighted by atomic mass is 10.4. The summed E-state index contributed by atoms with van der Waals surface area (Å²) in [6, 6.07) is 2.89. The summed E-state index contributed by atoms with van der Waals surface area (Å²) >= 11 is 0. The third-order valence-corrected chi connectivity index (χ3v) is 5.06. The number of nitrogens with two attached hydrogens (primary N) is 1. The standard InChI is InChI=1S/C11H18N4O2S/c1-2-14-5-7-15(8-6-14)18(16,17)10-3-4-13-11(12)9-10/h3-4,9H,2,5-8H2,1H3,(H2,12,13). The van der Waals surface area contributed by atoms with Crippen LogP contribution in [0.1, 0.15) is 6.92 Å². The molecule has 6 nitrogen and oxygen atoms in total. The predicted octanol–water partition coefficient (Wildman–Crippen LogP) is -0.0100. The molecule has 0 radical (unpaired) electrons. The van der Waals surface area contributed by atoms with Gasteiger partial charge >= 0.3 is 0 Å². The van der Waals surface area contributed by atoms with E-state index in [9.17, 15) is 8.42 Å². The number of aromatic nitrogens is 1. The quantitative estimate of drug-likeness (QED) is 0.835. The molecular formula is C11H18N4O2S. The van der Waals surface area contributed by atoms with E-state index in [-0.39, 0.29) is 10.7 Å². The smallest absolute Gasteiger partial charge is 0.243 e. The Labute approximate surface area is 107 Å². The Kier molecular flexibility index (Phi) is 3.84. The van der Waals surface area contributed by atoms with Gasteiger partial charge in [-0.25, -0.2) is 13.4 Å². The Hall–Kier alpha value is -1.18. The first-order valence-corrected chi connectivity index (χ1v) is 7.42. The van der Waals surface area contributed by atoms with E-state index in [1.165, 1.54) is 22.6 Å². The van der Waals surface area contributed by atoms with Crippen molar-refractivity contribution in [2.24, 2.45) is 0 Å². The Bertz CT molecular complexity index is 510. The highest BCUT2D eigenvalue weighted by Crippen LogP contribution is 2.18. The number of likely N-dealkylation sites (N-methyl/N-ethyl adjacent to an activating group) is 1. The van der Waals surface area contributed by atoms with Crippen molar-refractivity contribution in [3.05, 3.63) is 18.3 Å². The van der Waals surface area contributed by atoms with Crippen LogP contribution in [-0.4, -0.2) is 55.3 Å². The van der Waals surface area contributed by atoms with Crippen LogP contribution in [0.15, 0.2) is 23.2 Å². The molecule has 100 valence electrons. The molecule has 0 saturated carbocycles. The molecule has 0 atom stereocenters. The molecule has 1 aliphatic rings. The maximum Gasteiger partial charge on any atom is 0.243 e. The largest absolute Gasteiger partial charge is 0.384 e. The average molecular weight is 270 g/mol. The SMILES string of the molecule is CCN1CCN(S(=O)(=O)c2ccnc(N)c2)CC1. The molecule has 0 spiro atoms. The number of nitrogens with zero attached hydrogens (tertiary/aromatic N) is 3. The molecule has 1 saturated heterocycles. The zero-order valence-corrected chi connectivity index (χ0v) is 11.2. The summed E-state index contributed by atoms with van der Waals surface area (Å²) in [7, 11) is -3.43. The molecule has 0 amide bonds. The van der Waals surface area contributed by atoms with Crippen LogP contribution >= 0.6 is 0 Å². The molecule has 1 fully saturated rings. The van der Waals surface area contributed by atoms with Gasteiger partial charge in [0.25, 0.3) is 0 Å². The lowest BCUT2D eigenvalue weighted by Gasteiger charge is -2.33. The van der Waals surface area contributed by atoms with Crippen molar-refractivity contribution in [1.82, 2.24) is 14.2 Å². The van der Waals surface area contributed by atoms with E-state index in [4.69, 9.17) is 5.73 Å². The van der Waals surface area contributed by atoms with Gasteiger partial charge in [0.2, 0.25) is 10.0 Å². The summed E-state index contributed by atoms with van der Waals surface area (Å²) in [5.74, 6) is 0.225. The van der Waals surface area contributed by atoms with Crippen LogP contribution in [-0.2, 0) is 10.0 Å². The zero-order valence-electron chi connectivity index (χ0n) is 10.4. The second-order valence-corrected chi connectivity index (χ2v) is 6.19. The summed E-state index contributed by atoms with van der Waals surface area (Å²) in [5.41, 5.74) is 5.53. The highest BCUT2D eigenvalue weighted by molar-refractivity contribution is 7.89. The lowest BCUT2D eigenvalue weighted by Crippen LogP contribution is -2.48. The third kappa shape index (κ3) is 2.63. The molecule has 2 rings (SSSR count). The van der Waals surface area contributed by atoms with E-state index in [0.29, 0.717) is 13.1 Å². The first-order chi connectivity index (χ1) is 8.54. The van der Waals surface area contributed by atoms with Crippen molar-refractivity contribution in [2.45, 2.75) is 11.8 Å². The summed E-state index contributed by atoms with van der Waals surface area (Å²) in [4.78, 5) is 6.26. The van der Waals surface area contributed by atoms with Gasteiger partial charge in [-0.15, -0.1) is 0 Å². The minimum absolute atomic E-state index is 0.222. The molecule has 0 aliphatic carbocycles. The van der Waals surface area contributed by atoms with Crippen LogP contribution in [0.4, 0.5) is 5.82 Å². The van der Waals surface area contributed by atoms with E-state index in [2.05, 4.69) is 16.8 Å². The molecule has 7 heteroatoms. The Balaban J connectivity index is 2.17. The number of nitrogen functional groups attached to an aromatic ring is 1. The van der Waals surface area contributed by atoms with E-state index in [1.807, 2.05) is 0 Å². The van der Waals surface area contributed by atoms with Gasteiger partial charge < -0.3 is 10.6 Å². The number of rotatable bonds is 3. The molecule has 2 N–H and O–H groups in total. The number of hydrogen-bond donors (Lipinski definition) is 1. The molecule has 0 bridgehead atoms. The van der Waals surface area contributed by atoms with Gasteiger partial charge in [0.15, 0.2) is 0 Å². The van der Waals surface area contributed by atoms with Gasteiger partial charge in [0.1, 0.15) is 5.82 Å². The number of hydrogen-bond acceptors (Lipinski definition) is 5. The first kappa shape index (κ1) is 13.3. The van der Waals surface area contributed by atoms with Crippen LogP contribution in [0, 0.1) is 0 Å². The van der Waals surface area contributed by atoms with Gasteiger partial charge in [-0.2, -0.15) is 4.31 Å². The highest BCUT2D eigenvalue weighted by Gasteiger charge is 2.28. The number of piperazine rings is 1. The fourth-order valence-corrected chi connectivity index (χ4v) is 3.47.